The summed E-state index contributed by atoms with van der Waals surface area (Å²) in [6, 6.07) is 7.46. The summed E-state index contributed by atoms with van der Waals surface area (Å²) in [6.07, 6.45) is 0. The number of rotatable bonds is 2. The molecule has 1 aromatic rings. The number of para-hydroxylation sites is 1. The highest BCUT2D eigenvalue weighted by Gasteiger charge is 2.41. The number of hydrogen-bond acceptors (Lipinski definition) is 3. The Labute approximate surface area is 119 Å². The fourth-order valence-electron chi connectivity index (χ4n) is 2.44. The first-order valence-electron chi connectivity index (χ1n) is 6.72. The normalized spacial score (nSPS) is 17.6. The van der Waals surface area contributed by atoms with Crippen LogP contribution in [0.2, 0.25) is 0 Å². The van der Waals surface area contributed by atoms with Gasteiger partial charge in [0.25, 0.3) is 5.91 Å². The zero-order valence-corrected chi connectivity index (χ0v) is 12.4. The molecule has 1 N–H and O–H groups in total. The number of piperazine rings is 1. The van der Waals surface area contributed by atoms with Crippen LogP contribution >= 0.6 is 0 Å². The zero-order chi connectivity index (χ0) is 14.9. The highest BCUT2D eigenvalue weighted by molar-refractivity contribution is 6.03. The van der Waals surface area contributed by atoms with Gasteiger partial charge in [-0.1, -0.05) is 12.1 Å². The lowest BCUT2D eigenvalue weighted by Crippen LogP contribution is -2.63. The third-order valence-corrected chi connectivity index (χ3v) is 3.71. The molecule has 108 valence electrons. The fraction of sp³-hybridized carbons (Fsp3) is 0.467. The molecule has 2 rings (SSSR count). The van der Waals surface area contributed by atoms with E-state index in [1.165, 1.54) is 0 Å². The second kappa shape index (κ2) is 5.15. The van der Waals surface area contributed by atoms with Crippen LogP contribution in [0.1, 0.15) is 24.2 Å². The molecule has 0 unspecified atom stereocenters. The average molecular weight is 275 g/mol. The first kappa shape index (κ1) is 14.4. The summed E-state index contributed by atoms with van der Waals surface area (Å²) in [5, 5.41) is 2.80. The number of nitrogens with one attached hydrogen (secondary N) is 1. The smallest absolute Gasteiger partial charge is 0.256 e. The second-order valence-corrected chi connectivity index (χ2v) is 5.68. The van der Waals surface area contributed by atoms with Crippen molar-refractivity contribution in [3.8, 4) is 0 Å². The van der Waals surface area contributed by atoms with Crippen molar-refractivity contribution in [2.75, 3.05) is 32.1 Å². The van der Waals surface area contributed by atoms with Crippen molar-refractivity contribution >= 4 is 17.5 Å². The fourth-order valence-corrected chi connectivity index (χ4v) is 2.44. The molecule has 1 aromatic carbocycles. The van der Waals surface area contributed by atoms with Gasteiger partial charge < -0.3 is 15.1 Å². The summed E-state index contributed by atoms with van der Waals surface area (Å²) in [4.78, 5) is 28.3. The van der Waals surface area contributed by atoms with E-state index < -0.39 is 5.54 Å². The summed E-state index contributed by atoms with van der Waals surface area (Å²) in [7, 11) is 3.81. The van der Waals surface area contributed by atoms with Gasteiger partial charge >= 0.3 is 0 Å². The summed E-state index contributed by atoms with van der Waals surface area (Å²) in [6.45, 7) is 4.58. The van der Waals surface area contributed by atoms with Crippen LogP contribution in [0.4, 0.5) is 5.69 Å². The highest BCUT2D eigenvalue weighted by atomic mass is 16.2. The summed E-state index contributed by atoms with van der Waals surface area (Å²) >= 11 is 0. The number of carbonyl (C=O) groups excluding carboxylic acids is 2. The molecular weight excluding hydrogens is 254 g/mol. The standard InChI is InChI=1S/C15H21N3O2/c1-15(2)14(20)16-9-10-18(15)13(19)11-7-5-6-8-12(11)17(3)4/h5-8H,9-10H2,1-4H3,(H,16,20). The van der Waals surface area contributed by atoms with E-state index in [-0.39, 0.29) is 11.8 Å². The predicted octanol–water partition coefficient (Wildman–Crippen LogP) is 1.10. The third kappa shape index (κ3) is 2.35. The Kier molecular flexibility index (Phi) is 3.70. The lowest BCUT2D eigenvalue weighted by molar-refractivity contribution is -0.133. The van der Waals surface area contributed by atoms with Gasteiger partial charge in [0.05, 0.1) is 5.56 Å². The Morgan fingerprint density at radius 1 is 1.30 bits per heavy atom. The Hall–Kier alpha value is -2.04. The number of amides is 2. The maximum absolute atomic E-state index is 12.8. The minimum Gasteiger partial charge on any atom is -0.377 e. The monoisotopic (exact) mass is 275 g/mol. The van der Waals surface area contributed by atoms with Gasteiger partial charge in [-0.3, -0.25) is 9.59 Å². The van der Waals surface area contributed by atoms with Gasteiger partial charge in [0, 0.05) is 32.9 Å². The van der Waals surface area contributed by atoms with Gasteiger partial charge in [0.2, 0.25) is 5.91 Å². The number of carbonyl (C=O) groups is 2. The van der Waals surface area contributed by atoms with E-state index in [9.17, 15) is 9.59 Å². The molecule has 1 saturated heterocycles. The number of benzene rings is 1. The van der Waals surface area contributed by atoms with E-state index in [1.54, 1.807) is 24.8 Å². The van der Waals surface area contributed by atoms with E-state index >= 15 is 0 Å². The average Bonchev–Trinajstić information content (AvgIpc) is 2.41. The first-order chi connectivity index (χ1) is 9.35. The van der Waals surface area contributed by atoms with Crippen LogP contribution in [0.25, 0.3) is 0 Å². The van der Waals surface area contributed by atoms with E-state index in [1.807, 2.05) is 37.2 Å². The van der Waals surface area contributed by atoms with Gasteiger partial charge in [-0.15, -0.1) is 0 Å². The van der Waals surface area contributed by atoms with Crippen molar-refractivity contribution in [1.82, 2.24) is 10.2 Å². The molecule has 1 fully saturated rings. The van der Waals surface area contributed by atoms with Crippen molar-refractivity contribution in [2.24, 2.45) is 0 Å². The van der Waals surface area contributed by atoms with Crippen LogP contribution in [0.15, 0.2) is 24.3 Å². The van der Waals surface area contributed by atoms with Crippen molar-refractivity contribution < 1.29 is 9.59 Å². The van der Waals surface area contributed by atoms with Crippen molar-refractivity contribution in [1.29, 1.82) is 0 Å². The number of anilines is 1. The Morgan fingerprint density at radius 3 is 2.60 bits per heavy atom. The first-order valence-corrected chi connectivity index (χ1v) is 6.72. The molecule has 0 spiro atoms. The SMILES string of the molecule is CN(C)c1ccccc1C(=O)N1CCNC(=O)C1(C)C. The molecule has 20 heavy (non-hydrogen) atoms. The maximum Gasteiger partial charge on any atom is 0.256 e. The molecule has 5 nitrogen and oxygen atoms in total. The molecule has 1 aliphatic heterocycles. The minimum absolute atomic E-state index is 0.103. The van der Waals surface area contributed by atoms with Gasteiger partial charge in [0.15, 0.2) is 0 Å². The van der Waals surface area contributed by atoms with Gasteiger partial charge in [0.1, 0.15) is 5.54 Å². The van der Waals surface area contributed by atoms with Crippen LogP contribution in [0.5, 0.6) is 0 Å². The molecule has 0 aromatic heterocycles. The van der Waals surface area contributed by atoms with Gasteiger partial charge in [-0.05, 0) is 26.0 Å². The summed E-state index contributed by atoms with van der Waals surface area (Å²) in [5.74, 6) is -0.214. The van der Waals surface area contributed by atoms with Crippen LogP contribution in [-0.4, -0.2) is 49.4 Å². The zero-order valence-electron chi connectivity index (χ0n) is 12.4. The quantitative estimate of drug-likeness (QED) is 0.879. The molecule has 0 atom stereocenters. The van der Waals surface area contributed by atoms with Gasteiger partial charge in [-0.25, -0.2) is 0 Å². The molecule has 1 aliphatic rings. The van der Waals surface area contributed by atoms with E-state index in [4.69, 9.17) is 0 Å². The third-order valence-electron chi connectivity index (χ3n) is 3.71. The molecular formula is C15H21N3O2. The summed E-state index contributed by atoms with van der Waals surface area (Å²) in [5.41, 5.74) is 0.661. The van der Waals surface area contributed by atoms with E-state index in [0.717, 1.165) is 5.69 Å². The lowest BCUT2D eigenvalue weighted by atomic mass is 9.97. The van der Waals surface area contributed by atoms with Crippen LogP contribution in [-0.2, 0) is 4.79 Å². The molecule has 0 radical (unpaired) electrons. The molecule has 0 aliphatic carbocycles. The molecule has 0 bridgehead atoms. The minimum atomic E-state index is -0.825. The Balaban J connectivity index is 2.39. The van der Waals surface area contributed by atoms with E-state index in [0.29, 0.717) is 18.7 Å². The predicted molar refractivity (Wildman–Crippen MR) is 78.9 cm³/mol. The Morgan fingerprint density at radius 2 is 1.95 bits per heavy atom. The van der Waals surface area contributed by atoms with Crippen molar-refractivity contribution in [2.45, 2.75) is 19.4 Å². The molecule has 0 saturated carbocycles. The topological polar surface area (TPSA) is 52.7 Å². The van der Waals surface area contributed by atoms with Crippen LogP contribution in [0, 0.1) is 0 Å². The number of nitrogens with zero attached hydrogens (tertiary/aromatic N) is 2. The molecule has 2 amide bonds. The lowest BCUT2D eigenvalue weighted by Gasteiger charge is -2.41. The Bertz CT molecular complexity index is 538. The second-order valence-electron chi connectivity index (χ2n) is 5.68. The van der Waals surface area contributed by atoms with E-state index in [2.05, 4.69) is 5.32 Å². The maximum atomic E-state index is 12.8. The highest BCUT2D eigenvalue weighted by Crippen LogP contribution is 2.25. The number of hydrogen-bond donors (Lipinski definition) is 1. The van der Waals surface area contributed by atoms with Crippen molar-refractivity contribution in [3.05, 3.63) is 29.8 Å². The molecule has 1 heterocycles. The van der Waals surface area contributed by atoms with Crippen LogP contribution in [0.3, 0.4) is 0 Å². The van der Waals surface area contributed by atoms with Crippen LogP contribution < -0.4 is 10.2 Å². The molecule has 5 heteroatoms. The van der Waals surface area contributed by atoms with Crippen molar-refractivity contribution in [3.63, 3.8) is 0 Å². The summed E-state index contributed by atoms with van der Waals surface area (Å²) < 4.78 is 0. The largest absolute Gasteiger partial charge is 0.377 e. The van der Waals surface area contributed by atoms with Gasteiger partial charge in [-0.2, -0.15) is 0 Å².